The zero-order valence-corrected chi connectivity index (χ0v) is 15.1. The lowest BCUT2D eigenvalue weighted by Gasteiger charge is -2.32. The van der Waals surface area contributed by atoms with Crippen LogP contribution in [0.15, 0.2) is 24.3 Å². The Balaban J connectivity index is 1.45. The molecule has 1 aromatic rings. The second kappa shape index (κ2) is 8.68. The topological polar surface area (TPSA) is 58.6 Å². The number of hydrogen-bond donors (Lipinski definition) is 1. The zero-order chi connectivity index (χ0) is 17.6. The van der Waals surface area contributed by atoms with Gasteiger partial charge in [0.15, 0.2) is 0 Å². The van der Waals surface area contributed by atoms with E-state index in [-0.39, 0.29) is 23.8 Å². The summed E-state index contributed by atoms with van der Waals surface area (Å²) >= 11 is 6.11. The highest BCUT2D eigenvalue weighted by atomic mass is 35.5. The normalized spacial score (nSPS) is 21.8. The van der Waals surface area contributed by atoms with Gasteiger partial charge < -0.3 is 15.0 Å². The molecule has 0 radical (unpaired) electrons. The molecule has 2 saturated heterocycles. The largest absolute Gasteiger partial charge is 0.376 e. The van der Waals surface area contributed by atoms with Crippen molar-refractivity contribution in [2.75, 3.05) is 26.2 Å². The quantitative estimate of drug-likeness (QED) is 0.893. The van der Waals surface area contributed by atoms with E-state index in [9.17, 15) is 9.59 Å². The fraction of sp³-hybridized carbons (Fsp3) is 0.579. The molecular weight excluding hydrogens is 340 g/mol. The lowest BCUT2D eigenvalue weighted by atomic mass is 9.95. The first-order chi connectivity index (χ1) is 12.1. The number of piperidine rings is 1. The molecule has 3 rings (SSSR count). The number of nitrogens with zero attached hydrogens (tertiary/aromatic N) is 1. The number of amides is 2. The number of rotatable bonds is 4. The van der Waals surface area contributed by atoms with E-state index < -0.39 is 0 Å². The van der Waals surface area contributed by atoms with Crippen LogP contribution in [0.3, 0.4) is 0 Å². The molecule has 136 valence electrons. The molecule has 6 heteroatoms. The molecule has 0 aliphatic carbocycles. The maximum absolute atomic E-state index is 12.6. The molecule has 1 unspecified atom stereocenters. The predicted molar refractivity (Wildman–Crippen MR) is 96.7 cm³/mol. The summed E-state index contributed by atoms with van der Waals surface area (Å²) in [6, 6.07) is 7.09. The highest BCUT2D eigenvalue weighted by molar-refractivity contribution is 6.33. The monoisotopic (exact) mass is 364 g/mol. The average Bonchev–Trinajstić information content (AvgIpc) is 2.67. The van der Waals surface area contributed by atoms with Gasteiger partial charge in [-0.25, -0.2) is 0 Å². The van der Waals surface area contributed by atoms with Crippen LogP contribution >= 0.6 is 11.6 Å². The van der Waals surface area contributed by atoms with Gasteiger partial charge in [-0.15, -0.1) is 0 Å². The lowest BCUT2D eigenvalue weighted by molar-refractivity contribution is -0.127. The molecule has 1 atom stereocenters. The van der Waals surface area contributed by atoms with Crippen molar-refractivity contribution in [2.45, 2.75) is 38.2 Å². The molecular formula is C19H25ClN2O3. The van der Waals surface area contributed by atoms with Gasteiger partial charge in [-0.1, -0.05) is 23.7 Å². The SMILES string of the molecule is O=C(NCC1CCCCO1)C1CCN(C(=O)c2ccccc2Cl)CC1. The highest BCUT2D eigenvalue weighted by Gasteiger charge is 2.28. The van der Waals surface area contributed by atoms with Crippen LogP contribution in [0.4, 0.5) is 0 Å². The number of ether oxygens (including phenoxy) is 1. The summed E-state index contributed by atoms with van der Waals surface area (Å²) in [6.07, 6.45) is 4.83. The van der Waals surface area contributed by atoms with Crippen molar-refractivity contribution in [1.29, 1.82) is 0 Å². The van der Waals surface area contributed by atoms with Crippen LogP contribution in [-0.2, 0) is 9.53 Å². The summed E-state index contributed by atoms with van der Waals surface area (Å²) in [6.45, 7) is 2.56. The molecule has 1 N–H and O–H groups in total. The lowest BCUT2D eigenvalue weighted by Crippen LogP contribution is -2.44. The Morgan fingerprint density at radius 1 is 1.16 bits per heavy atom. The Morgan fingerprint density at radius 3 is 2.60 bits per heavy atom. The van der Waals surface area contributed by atoms with E-state index in [1.165, 1.54) is 6.42 Å². The van der Waals surface area contributed by atoms with E-state index in [1.807, 2.05) is 12.1 Å². The number of nitrogens with one attached hydrogen (secondary N) is 1. The Labute approximate surface area is 153 Å². The molecule has 25 heavy (non-hydrogen) atoms. The molecule has 2 amide bonds. The van der Waals surface area contributed by atoms with Gasteiger partial charge in [0.2, 0.25) is 5.91 Å². The molecule has 1 aromatic carbocycles. The fourth-order valence-electron chi connectivity index (χ4n) is 3.48. The Morgan fingerprint density at radius 2 is 1.92 bits per heavy atom. The first kappa shape index (κ1) is 18.2. The van der Waals surface area contributed by atoms with Crippen LogP contribution in [-0.4, -0.2) is 49.1 Å². The minimum Gasteiger partial charge on any atom is -0.376 e. The number of likely N-dealkylation sites (tertiary alicyclic amines) is 1. The first-order valence-corrected chi connectivity index (χ1v) is 9.46. The van der Waals surface area contributed by atoms with Crippen molar-refractivity contribution < 1.29 is 14.3 Å². The Bertz CT molecular complexity index is 608. The Kier molecular flexibility index (Phi) is 6.32. The van der Waals surface area contributed by atoms with Crippen molar-refractivity contribution in [3.8, 4) is 0 Å². The number of hydrogen-bond acceptors (Lipinski definition) is 3. The summed E-state index contributed by atoms with van der Waals surface area (Å²) in [5.74, 6) is -0.00188. The summed E-state index contributed by atoms with van der Waals surface area (Å²) in [5, 5.41) is 3.49. The van der Waals surface area contributed by atoms with Crippen molar-refractivity contribution in [3.05, 3.63) is 34.9 Å². The predicted octanol–water partition coefficient (Wildman–Crippen LogP) is 2.88. The molecule has 5 nitrogen and oxygen atoms in total. The van der Waals surface area contributed by atoms with Crippen LogP contribution in [0, 0.1) is 5.92 Å². The van der Waals surface area contributed by atoms with Crippen molar-refractivity contribution in [3.63, 3.8) is 0 Å². The molecule has 2 aliphatic heterocycles. The molecule has 2 aliphatic rings. The van der Waals surface area contributed by atoms with E-state index in [0.29, 0.717) is 43.1 Å². The van der Waals surface area contributed by atoms with E-state index >= 15 is 0 Å². The van der Waals surface area contributed by atoms with E-state index in [0.717, 1.165) is 19.4 Å². The van der Waals surface area contributed by atoms with Crippen LogP contribution in [0.1, 0.15) is 42.5 Å². The van der Waals surface area contributed by atoms with Gasteiger partial charge in [-0.3, -0.25) is 9.59 Å². The van der Waals surface area contributed by atoms with Crippen molar-refractivity contribution >= 4 is 23.4 Å². The number of halogens is 1. The van der Waals surface area contributed by atoms with Gasteiger partial charge in [-0.05, 0) is 44.2 Å². The van der Waals surface area contributed by atoms with Gasteiger partial charge in [0, 0.05) is 32.2 Å². The summed E-state index contributed by atoms with van der Waals surface area (Å²) in [7, 11) is 0. The molecule has 0 aromatic heterocycles. The Hall–Kier alpha value is -1.59. The van der Waals surface area contributed by atoms with Crippen LogP contribution < -0.4 is 5.32 Å². The van der Waals surface area contributed by atoms with Gasteiger partial charge in [0.25, 0.3) is 5.91 Å². The molecule has 0 saturated carbocycles. The standard InChI is InChI=1S/C19H25ClN2O3/c20-17-7-2-1-6-16(17)19(24)22-10-8-14(9-11-22)18(23)21-13-15-5-3-4-12-25-15/h1-2,6-7,14-15H,3-5,8-13H2,(H,21,23). The van der Waals surface area contributed by atoms with Gasteiger partial charge >= 0.3 is 0 Å². The van der Waals surface area contributed by atoms with Gasteiger partial charge in [0.05, 0.1) is 16.7 Å². The molecule has 2 heterocycles. The van der Waals surface area contributed by atoms with Crippen molar-refractivity contribution in [2.24, 2.45) is 5.92 Å². The first-order valence-electron chi connectivity index (χ1n) is 9.08. The third kappa shape index (κ3) is 4.73. The fourth-order valence-corrected chi connectivity index (χ4v) is 3.69. The van der Waals surface area contributed by atoms with Crippen LogP contribution in [0.5, 0.6) is 0 Å². The van der Waals surface area contributed by atoms with Gasteiger partial charge in [0.1, 0.15) is 0 Å². The number of benzene rings is 1. The molecule has 2 fully saturated rings. The average molecular weight is 365 g/mol. The maximum Gasteiger partial charge on any atom is 0.255 e. The second-order valence-electron chi connectivity index (χ2n) is 6.78. The highest BCUT2D eigenvalue weighted by Crippen LogP contribution is 2.22. The minimum absolute atomic E-state index is 0.0288. The maximum atomic E-state index is 12.6. The van der Waals surface area contributed by atoms with Crippen LogP contribution in [0.25, 0.3) is 0 Å². The third-order valence-electron chi connectivity index (χ3n) is 5.04. The number of carbonyl (C=O) groups is 2. The van der Waals surface area contributed by atoms with Crippen molar-refractivity contribution in [1.82, 2.24) is 10.2 Å². The minimum atomic E-state index is -0.0555. The second-order valence-corrected chi connectivity index (χ2v) is 7.19. The van der Waals surface area contributed by atoms with Gasteiger partial charge in [-0.2, -0.15) is 0 Å². The third-order valence-corrected chi connectivity index (χ3v) is 5.36. The smallest absolute Gasteiger partial charge is 0.255 e. The van der Waals surface area contributed by atoms with E-state index in [1.54, 1.807) is 17.0 Å². The number of carbonyl (C=O) groups excluding carboxylic acids is 2. The zero-order valence-electron chi connectivity index (χ0n) is 14.4. The molecule has 0 spiro atoms. The molecule has 0 bridgehead atoms. The van der Waals surface area contributed by atoms with E-state index in [2.05, 4.69) is 5.32 Å². The summed E-state index contributed by atoms with van der Waals surface area (Å²) < 4.78 is 5.64. The van der Waals surface area contributed by atoms with E-state index in [4.69, 9.17) is 16.3 Å². The summed E-state index contributed by atoms with van der Waals surface area (Å²) in [5.41, 5.74) is 0.529. The van der Waals surface area contributed by atoms with Crippen LogP contribution in [0.2, 0.25) is 5.02 Å². The summed E-state index contributed by atoms with van der Waals surface area (Å²) in [4.78, 5) is 26.7.